The summed E-state index contributed by atoms with van der Waals surface area (Å²) in [6, 6.07) is 0. The first-order valence-corrected chi connectivity index (χ1v) is 5.63. The maximum absolute atomic E-state index is 8.00. The molecule has 104 valence electrons. The van der Waals surface area contributed by atoms with E-state index >= 15 is 0 Å². The fraction of sp³-hybridized carbons (Fsp3) is 0.750. The molecule has 0 amide bonds. The molecule has 0 bridgehead atoms. The molecule has 0 atom stereocenters. The van der Waals surface area contributed by atoms with Crippen molar-refractivity contribution in [3.05, 3.63) is 0 Å². The minimum atomic E-state index is 0.858. The lowest BCUT2D eigenvalue weighted by atomic mass is 10.1. The van der Waals surface area contributed by atoms with Crippen LogP contribution in [0.15, 0.2) is 0 Å². The summed E-state index contributed by atoms with van der Waals surface area (Å²) in [5, 5.41) is 3.15. The van der Waals surface area contributed by atoms with Gasteiger partial charge < -0.3 is 25.4 Å². The molecule has 0 aliphatic heterocycles. The molecule has 0 saturated carbocycles. The standard InChI is InChI=1S/C9H22N2.3CH2O/c1-11-9-7-5-3-2-4-6-8-10;3*1-2/h11H,2-10H2,1H3;3*1H2. The first-order chi connectivity index (χ1) is 8.41. The van der Waals surface area contributed by atoms with Gasteiger partial charge in [-0.1, -0.05) is 25.7 Å². The van der Waals surface area contributed by atoms with Gasteiger partial charge in [0, 0.05) is 0 Å². The Balaban J connectivity index is -0.000000121. The molecular formula is C12H28N2O3. The fourth-order valence-corrected chi connectivity index (χ4v) is 1.15. The second-order valence-electron chi connectivity index (χ2n) is 3.01. The summed E-state index contributed by atoms with van der Waals surface area (Å²) in [5.74, 6) is 0. The quantitative estimate of drug-likeness (QED) is 0.624. The highest BCUT2D eigenvalue weighted by Crippen LogP contribution is 2.03. The Morgan fingerprint density at radius 1 is 0.765 bits per heavy atom. The van der Waals surface area contributed by atoms with Gasteiger partial charge in [-0.25, -0.2) is 0 Å². The zero-order valence-electron chi connectivity index (χ0n) is 11.1. The van der Waals surface area contributed by atoms with Crippen LogP contribution in [0.4, 0.5) is 0 Å². The molecule has 0 radical (unpaired) electrons. The van der Waals surface area contributed by atoms with Crippen molar-refractivity contribution in [3.8, 4) is 0 Å². The largest absolute Gasteiger partial charge is 0.330 e. The first-order valence-electron chi connectivity index (χ1n) is 5.63. The molecule has 0 aromatic carbocycles. The summed E-state index contributed by atoms with van der Waals surface area (Å²) in [4.78, 5) is 24.0. The van der Waals surface area contributed by atoms with Crippen LogP contribution in [0.25, 0.3) is 0 Å². The predicted octanol–water partition coefficient (Wildman–Crippen LogP) is 0.950. The molecule has 0 heterocycles. The lowest BCUT2D eigenvalue weighted by molar-refractivity contribution is -0.0987. The molecule has 0 aliphatic carbocycles. The molecule has 0 aliphatic rings. The summed E-state index contributed by atoms with van der Waals surface area (Å²) in [6.45, 7) is 8.02. The molecule has 0 unspecified atom stereocenters. The van der Waals surface area contributed by atoms with Crippen molar-refractivity contribution in [2.45, 2.75) is 38.5 Å². The van der Waals surface area contributed by atoms with Gasteiger partial charge in [-0.15, -0.1) is 0 Å². The number of carbonyl (C=O) groups is 3. The predicted molar refractivity (Wildman–Crippen MR) is 72.0 cm³/mol. The van der Waals surface area contributed by atoms with Gasteiger partial charge in [0.15, 0.2) is 0 Å². The highest BCUT2D eigenvalue weighted by molar-refractivity contribution is 5.11. The highest BCUT2D eigenvalue weighted by atomic mass is 16.1. The van der Waals surface area contributed by atoms with Crippen LogP contribution in [0.5, 0.6) is 0 Å². The second kappa shape index (κ2) is 46.1. The van der Waals surface area contributed by atoms with Crippen molar-refractivity contribution in [2.75, 3.05) is 20.1 Å². The van der Waals surface area contributed by atoms with Crippen LogP contribution < -0.4 is 11.1 Å². The van der Waals surface area contributed by atoms with E-state index in [1.807, 2.05) is 27.4 Å². The average Bonchev–Trinajstić information content (AvgIpc) is 2.45. The zero-order chi connectivity index (χ0) is 14.4. The lowest BCUT2D eigenvalue weighted by Crippen LogP contribution is -2.06. The third-order valence-corrected chi connectivity index (χ3v) is 1.88. The molecule has 0 saturated heterocycles. The van der Waals surface area contributed by atoms with Crippen molar-refractivity contribution >= 4 is 20.4 Å². The molecule has 5 nitrogen and oxygen atoms in total. The Hall–Kier alpha value is -1.07. The Bertz CT molecular complexity index is 93.0. The summed E-state index contributed by atoms with van der Waals surface area (Å²) >= 11 is 0. The van der Waals surface area contributed by atoms with Gasteiger partial charge in [0.1, 0.15) is 20.4 Å². The van der Waals surface area contributed by atoms with Gasteiger partial charge in [0.05, 0.1) is 0 Å². The number of hydrogen-bond donors (Lipinski definition) is 2. The number of rotatable bonds is 8. The van der Waals surface area contributed by atoms with Crippen LogP contribution in [0, 0.1) is 0 Å². The summed E-state index contributed by atoms with van der Waals surface area (Å²) < 4.78 is 0. The molecule has 5 heteroatoms. The number of nitrogens with two attached hydrogens (primary N) is 1. The van der Waals surface area contributed by atoms with Gasteiger partial charge in [-0.3, -0.25) is 0 Å². The van der Waals surface area contributed by atoms with Crippen LogP contribution >= 0.6 is 0 Å². The topological polar surface area (TPSA) is 89.3 Å². The molecule has 0 aromatic rings. The molecule has 0 rings (SSSR count). The van der Waals surface area contributed by atoms with Crippen LogP contribution in [-0.2, 0) is 14.4 Å². The van der Waals surface area contributed by atoms with Crippen LogP contribution in [-0.4, -0.2) is 40.5 Å². The lowest BCUT2D eigenvalue weighted by Gasteiger charge is -1.99. The van der Waals surface area contributed by atoms with Gasteiger partial charge >= 0.3 is 0 Å². The third kappa shape index (κ3) is 52.0. The molecule has 0 aromatic heterocycles. The van der Waals surface area contributed by atoms with E-state index in [-0.39, 0.29) is 0 Å². The minimum absolute atomic E-state index is 0.858. The molecule has 0 spiro atoms. The Morgan fingerprint density at radius 2 is 1.12 bits per heavy atom. The SMILES string of the molecule is C=O.C=O.C=O.CNCCCCCCCCN. The zero-order valence-corrected chi connectivity index (χ0v) is 11.1. The van der Waals surface area contributed by atoms with E-state index in [9.17, 15) is 0 Å². The van der Waals surface area contributed by atoms with E-state index < -0.39 is 0 Å². The van der Waals surface area contributed by atoms with Crippen molar-refractivity contribution < 1.29 is 14.4 Å². The summed E-state index contributed by atoms with van der Waals surface area (Å²) in [6.07, 6.45) is 7.94. The highest BCUT2D eigenvalue weighted by Gasteiger charge is 1.88. The Labute approximate surface area is 105 Å². The smallest absolute Gasteiger partial charge is 0.106 e. The van der Waals surface area contributed by atoms with Crippen LogP contribution in [0.1, 0.15) is 38.5 Å². The normalized spacial score (nSPS) is 7.41. The minimum Gasteiger partial charge on any atom is -0.330 e. The fourth-order valence-electron chi connectivity index (χ4n) is 1.15. The van der Waals surface area contributed by atoms with Gasteiger partial charge in [0.2, 0.25) is 0 Å². The average molecular weight is 248 g/mol. The molecular weight excluding hydrogens is 220 g/mol. The number of unbranched alkanes of at least 4 members (excludes halogenated alkanes) is 5. The third-order valence-electron chi connectivity index (χ3n) is 1.88. The molecule has 0 fully saturated rings. The van der Waals surface area contributed by atoms with Crippen LogP contribution in [0.2, 0.25) is 0 Å². The van der Waals surface area contributed by atoms with Crippen molar-refractivity contribution in [3.63, 3.8) is 0 Å². The number of nitrogens with one attached hydrogen (secondary N) is 1. The van der Waals surface area contributed by atoms with Gasteiger partial charge in [-0.05, 0) is 33.0 Å². The summed E-state index contributed by atoms with van der Waals surface area (Å²) in [5.41, 5.74) is 5.38. The summed E-state index contributed by atoms with van der Waals surface area (Å²) in [7, 11) is 2.01. The van der Waals surface area contributed by atoms with E-state index in [1.54, 1.807) is 0 Å². The first kappa shape index (κ1) is 24.9. The van der Waals surface area contributed by atoms with Crippen molar-refractivity contribution in [1.82, 2.24) is 5.32 Å². The maximum atomic E-state index is 8.00. The van der Waals surface area contributed by atoms with Crippen molar-refractivity contribution in [1.29, 1.82) is 0 Å². The maximum Gasteiger partial charge on any atom is 0.106 e. The van der Waals surface area contributed by atoms with Crippen LogP contribution in [0.3, 0.4) is 0 Å². The van der Waals surface area contributed by atoms with E-state index in [1.165, 1.54) is 38.5 Å². The van der Waals surface area contributed by atoms with Gasteiger partial charge in [0.25, 0.3) is 0 Å². The van der Waals surface area contributed by atoms with Gasteiger partial charge in [-0.2, -0.15) is 0 Å². The Kier molecular flexibility index (Phi) is 67.6. The van der Waals surface area contributed by atoms with E-state index in [0.29, 0.717) is 0 Å². The van der Waals surface area contributed by atoms with Crippen molar-refractivity contribution in [2.24, 2.45) is 5.73 Å². The Morgan fingerprint density at radius 3 is 1.47 bits per heavy atom. The van der Waals surface area contributed by atoms with E-state index in [0.717, 1.165) is 13.1 Å². The monoisotopic (exact) mass is 248 g/mol. The van der Waals surface area contributed by atoms with E-state index in [4.69, 9.17) is 20.1 Å². The second-order valence-corrected chi connectivity index (χ2v) is 3.01. The molecule has 3 N–H and O–H groups in total. The number of hydrogen-bond acceptors (Lipinski definition) is 5. The van der Waals surface area contributed by atoms with E-state index in [2.05, 4.69) is 5.32 Å². The molecule has 17 heavy (non-hydrogen) atoms. The number of carbonyl (C=O) groups excluding carboxylic acids is 3.